The third-order valence-electron chi connectivity index (χ3n) is 5.48. The zero-order chi connectivity index (χ0) is 14.4. The SMILES string of the molecule is Cc1ccccc1CC(Br)C1C2CCc3ccccc3C21. The number of fused-ring (bicyclic) bond motifs is 3. The summed E-state index contributed by atoms with van der Waals surface area (Å²) in [6.45, 7) is 2.23. The van der Waals surface area contributed by atoms with E-state index < -0.39 is 0 Å². The van der Waals surface area contributed by atoms with Crippen LogP contribution in [0.25, 0.3) is 0 Å². The van der Waals surface area contributed by atoms with Gasteiger partial charge >= 0.3 is 0 Å². The topological polar surface area (TPSA) is 0 Å². The van der Waals surface area contributed by atoms with Gasteiger partial charge in [-0.15, -0.1) is 0 Å². The van der Waals surface area contributed by atoms with Crippen molar-refractivity contribution in [2.75, 3.05) is 0 Å². The number of halogens is 1. The van der Waals surface area contributed by atoms with Gasteiger partial charge < -0.3 is 0 Å². The van der Waals surface area contributed by atoms with Crippen LogP contribution < -0.4 is 0 Å². The molecule has 1 fully saturated rings. The van der Waals surface area contributed by atoms with Gasteiger partial charge in [-0.2, -0.15) is 0 Å². The number of alkyl halides is 1. The Kier molecular flexibility index (Phi) is 3.41. The van der Waals surface area contributed by atoms with Crippen LogP contribution in [0.3, 0.4) is 0 Å². The average molecular weight is 341 g/mol. The van der Waals surface area contributed by atoms with Crippen molar-refractivity contribution in [1.29, 1.82) is 0 Å². The van der Waals surface area contributed by atoms with Crippen molar-refractivity contribution in [2.24, 2.45) is 11.8 Å². The molecule has 1 saturated carbocycles. The van der Waals surface area contributed by atoms with E-state index in [1.54, 1.807) is 11.1 Å². The van der Waals surface area contributed by atoms with Crippen molar-refractivity contribution in [3.63, 3.8) is 0 Å². The summed E-state index contributed by atoms with van der Waals surface area (Å²) >= 11 is 4.02. The van der Waals surface area contributed by atoms with Crippen LogP contribution in [0, 0.1) is 18.8 Å². The fourth-order valence-corrected chi connectivity index (χ4v) is 5.37. The van der Waals surface area contributed by atoms with Gasteiger partial charge in [-0.3, -0.25) is 0 Å². The molecule has 0 aliphatic heterocycles. The summed E-state index contributed by atoms with van der Waals surface area (Å²) in [5.74, 6) is 2.55. The minimum atomic E-state index is 0.611. The van der Waals surface area contributed by atoms with Crippen LogP contribution in [0.5, 0.6) is 0 Å². The fraction of sp³-hybridized carbons (Fsp3) is 0.400. The number of hydrogen-bond donors (Lipinski definition) is 0. The predicted octanol–water partition coefficient (Wildman–Crippen LogP) is 5.28. The summed E-state index contributed by atoms with van der Waals surface area (Å²) in [4.78, 5) is 0.611. The van der Waals surface area contributed by atoms with Crippen LogP contribution in [0.2, 0.25) is 0 Å². The molecule has 0 spiro atoms. The Bertz CT molecular complexity index is 660. The molecule has 21 heavy (non-hydrogen) atoms. The average Bonchev–Trinajstić information content (AvgIpc) is 3.24. The van der Waals surface area contributed by atoms with E-state index in [-0.39, 0.29) is 0 Å². The Labute approximate surface area is 135 Å². The van der Waals surface area contributed by atoms with Crippen LogP contribution in [-0.2, 0) is 12.8 Å². The summed E-state index contributed by atoms with van der Waals surface area (Å²) in [6.07, 6.45) is 3.81. The highest BCUT2D eigenvalue weighted by Gasteiger charge is 2.55. The highest BCUT2D eigenvalue weighted by Crippen LogP contribution is 2.62. The van der Waals surface area contributed by atoms with Gasteiger partial charge in [-0.1, -0.05) is 64.5 Å². The molecule has 0 saturated heterocycles. The molecule has 2 aliphatic carbocycles. The second kappa shape index (κ2) is 5.28. The van der Waals surface area contributed by atoms with E-state index in [2.05, 4.69) is 71.4 Å². The molecule has 0 radical (unpaired) electrons. The standard InChI is InChI=1S/C20H21Br/c1-13-6-2-3-8-15(13)12-18(21)20-17-11-10-14-7-4-5-9-16(14)19(17)20/h2-9,17-20H,10-12H2,1H3. The molecule has 2 aliphatic rings. The largest absolute Gasteiger partial charge is 0.0884 e. The molecule has 4 rings (SSSR count). The van der Waals surface area contributed by atoms with Gasteiger partial charge in [0.1, 0.15) is 0 Å². The Morgan fingerprint density at radius 1 is 1.10 bits per heavy atom. The van der Waals surface area contributed by atoms with E-state index in [4.69, 9.17) is 0 Å². The predicted molar refractivity (Wildman–Crippen MR) is 92.1 cm³/mol. The summed E-state index contributed by atoms with van der Waals surface area (Å²) < 4.78 is 0. The molecule has 4 unspecified atom stereocenters. The van der Waals surface area contributed by atoms with Crippen molar-refractivity contribution < 1.29 is 0 Å². The van der Waals surface area contributed by atoms with Gasteiger partial charge in [0.05, 0.1) is 0 Å². The molecule has 0 aromatic heterocycles. The molecule has 108 valence electrons. The van der Waals surface area contributed by atoms with Crippen LogP contribution in [-0.4, -0.2) is 4.83 Å². The van der Waals surface area contributed by atoms with Crippen molar-refractivity contribution >= 4 is 15.9 Å². The summed E-state index contributed by atoms with van der Waals surface area (Å²) in [5, 5.41) is 0. The first kappa shape index (κ1) is 13.6. The van der Waals surface area contributed by atoms with E-state index in [1.165, 1.54) is 24.0 Å². The zero-order valence-electron chi connectivity index (χ0n) is 12.4. The Hall–Kier alpha value is -1.08. The quantitative estimate of drug-likeness (QED) is 0.667. The lowest BCUT2D eigenvalue weighted by molar-refractivity contribution is 0.617. The smallest absolute Gasteiger partial charge is 0.0223 e. The van der Waals surface area contributed by atoms with E-state index in [0.717, 1.165) is 24.2 Å². The lowest BCUT2D eigenvalue weighted by Crippen LogP contribution is -2.08. The Balaban J connectivity index is 1.53. The van der Waals surface area contributed by atoms with Gasteiger partial charge in [0.25, 0.3) is 0 Å². The molecule has 0 N–H and O–H groups in total. The van der Waals surface area contributed by atoms with Gasteiger partial charge in [0.2, 0.25) is 0 Å². The molecule has 0 nitrogen and oxygen atoms in total. The lowest BCUT2D eigenvalue weighted by atomic mass is 9.92. The first-order chi connectivity index (χ1) is 10.3. The number of rotatable bonds is 3. The number of hydrogen-bond acceptors (Lipinski definition) is 0. The van der Waals surface area contributed by atoms with Gasteiger partial charge in [0, 0.05) is 4.83 Å². The molecule has 2 aromatic rings. The van der Waals surface area contributed by atoms with Crippen molar-refractivity contribution in [1.82, 2.24) is 0 Å². The number of benzene rings is 2. The van der Waals surface area contributed by atoms with Gasteiger partial charge in [-0.05, 0) is 66.2 Å². The van der Waals surface area contributed by atoms with E-state index in [9.17, 15) is 0 Å². The molecule has 0 bridgehead atoms. The fourth-order valence-electron chi connectivity index (χ4n) is 4.30. The maximum atomic E-state index is 4.02. The maximum absolute atomic E-state index is 4.02. The summed E-state index contributed by atoms with van der Waals surface area (Å²) in [7, 11) is 0. The molecule has 4 atom stereocenters. The summed E-state index contributed by atoms with van der Waals surface area (Å²) in [5.41, 5.74) is 6.15. The molecular formula is C20H21Br. The van der Waals surface area contributed by atoms with Crippen molar-refractivity contribution in [3.05, 3.63) is 70.8 Å². The van der Waals surface area contributed by atoms with Gasteiger partial charge in [0.15, 0.2) is 0 Å². The molecule has 1 heteroatoms. The highest BCUT2D eigenvalue weighted by molar-refractivity contribution is 9.09. The van der Waals surface area contributed by atoms with Crippen molar-refractivity contribution in [3.8, 4) is 0 Å². The maximum Gasteiger partial charge on any atom is 0.0223 e. The van der Waals surface area contributed by atoms with E-state index in [1.807, 2.05) is 0 Å². The molecule has 0 amide bonds. The van der Waals surface area contributed by atoms with Crippen LogP contribution in [0.15, 0.2) is 48.5 Å². The normalized spacial score (nSPS) is 27.6. The van der Waals surface area contributed by atoms with Crippen LogP contribution >= 0.6 is 15.9 Å². The van der Waals surface area contributed by atoms with Crippen LogP contribution in [0.1, 0.15) is 34.6 Å². The lowest BCUT2D eigenvalue weighted by Gasteiger charge is -2.13. The van der Waals surface area contributed by atoms with Crippen molar-refractivity contribution in [2.45, 2.75) is 36.9 Å². The minimum Gasteiger partial charge on any atom is -0.0884 e. The number of aryl methyl sites for hydroxylation is 2. The second-order valence-corrected chi connectivity index (χ2v) is 7.83. The first-order valence-corrected chi connectivity index (χ1v) is 8.93. The second-order valence-electron chi connectivity index (χ2n) is 6.65. The monoisotopic (exact) mass is 340 g/mol. The van der Waals surface area contributed by atoms with Gasteiger partial charge in [-0.25, -0.2) is 0 Å². The zero-order valence-corrected chi connectivity index (χ0v) is 14.0. The third kappa shape index (κ3) is 2.36. The third-order valence-corrected chi connectivity index (χ3v) is 6.42. The highest BCUT2D eigenvalue weighted by atomic mass is 79.9. The first-order valence-electron chi connectivity index (χ1n) is 8.02. The van der Waals surface area contributed by atoms with E-state index in [0.29, 0.717) is 4.83 Å². The Morgan fingerprint density at radius 3 is 2.71 bits per heavy atom. The van der Waals surface area contributed by atoms with E-state index >= 15 is 0 Å². The summed E-state index contributed by atoms with van der Waals surface area (Å²) in [6, 6.07) is 17.9. The molecular weight excluding hydrogens is 320 g/mol. The molecule has 0 heterocycles. The van der Waals surface area contributed by atoms with Crippen LogP contribution in [0.4, 0.5) is 0 Å². The Morgan fingerprint density at radius 2 is 1.86 bits per heavy atom. The molecule has 2 aromatic carbocycles. The minimum absolute atomic E-state index is 0.611.